The number of piperazine rings is 1. The van der Waals surface area contributed by atoms with E-state index in [1.54, 1.807) is 4.52 Å². The monoisotopic (exact) mass is 355 g/mol. The maximum atomic E-state index is 14.5. The van der Waals surface area contributed by atoms with Gasteiger partial charge in [-0.3, -0.25) is 0 Å². The van der Waals surface area contributed by atoms with Gasteiger partial charge in [-0.2, -0.15) is 4.98 Å². The lowest BCUT2D eigenvalue weighted by Crippen LogP contribution is -2.44. The molecule has 26 heavy (non-hydrogen) atoms. The molecule has 1 fully saturated rings. The van der Waals surface area contributed by atoms with Crippen molar-refractivity contribution < 1.29 is 4.39 Å². The maximum absolute atomic E-state index is 14.5. The number of benzene rings is 1. The van der Waals surface area contributed by atoms with Crippen LogP contribution in [0.4, 0.5) is 10.3 Å². The third-order valence-electron chi connectivity index (χ3n) is 4.55. The van der Waals surface area contributed by atoms with Crippen molar-refractivity contribution in [1.29, 1.82) is 0 Å². The smallest absolute Gasteiger partial charge is 0.245 e. The Bertz CT molecular complexity index is 864. The second kappa shape index (κ2) is 7.83. The van der Waals surface area contributed by atoms with Crippen molar-refractivity contribution in [2.45, 2.75) is 20.8 Å². The van der Waals surface area contributed by atoms with E-state index in [2.05, 4.69) is 26.9 Å². The van der Waals surface area contributed by atoms with Crippen LogP contribution in [-0.2, 0) is 0 Å². The maximum Gasteiger partial charge on any atom is 0.245 e. The highest BCUT2D eigenvalue weighted by atomic mass is 19.1. The predicted molar refractivity (Wildman–Crippen MR) is 104 cm³/mol. The molecule has 0 aliphatic carbocycles. The van der Waals surface area contributed by atoms with E-state index in [0.29, 0.717) is 5.95 Å². The van der Waals surface area contributed by atoms with Gasteiger partial charge in [-0.15, -0.1) is 5.10 Å². The lowest BCUT2D eigenvalue weighted by atomic mass is 10.1. The fourth-order valence-electron chi connectivity index (χ4n) is 2.98. The number of hydrogen-bond acceptors (Lipinski definition) is 4. The number of aryl methyl sites for hydroxylation is 1. The minimum Gasteiger partial charge on any atom is -0.337 e. The molecule has 0 atom stereocenters. The molecule has 5 nitrogen and oxygen atoms in total. The number of fused-ring (bicyclic) bond motifs is 1. The zero-order valence-corrected chi connectivity index (χ0v) is 15.9. The largest absolute Gasteiger partial charge is 0.337 e. The Balaban J connectivity index is 0.000000948. The molecule has 0 bridgehead atoms. The number of anilines is 1. The van der Waals surface area contributed by atoms with Gasteiger partial charge in [0, 0.05) is 37.9 Å². The third-order valence-corrected chi connectivity index (χ3v) is 4.55. The van der Waals surface area contributed by atoms with E-state index in [0.717, 1.165) is 37.3 Å². The molecular formula is C20H26FN5. The van der Waals surface area contributed by atoms with Crippen molar-refractivity contribution in [3.05, 3.63) is 47.9 Å². The van der Waals surface area contributed by atoms with E-state index < -0.39 is 0 Å². The molecule has 0 spiro atoms. The summed E-state index contributed by atoms with van der Waals surface area (Å²) >= 11 is 0. The summed E-state index contributed by atoms with van der Waals surface area (Å²) in [5.74, 6) is 0.254. The molecule has 0 unspecified atom stereocenters. The number of nitrogens with zero attached hydrogens (tertiary/aromatic N) is 5. The fraction of sp³-hybridized carbons (Fsp3) is 0.400. The molecule has 0 radical (unpaired) electrons. The van der Waals surface area contributed by atoms with E-state index in [9.17, 15) is 4.39 Å². The van der Waals surface area contributed by atoms with Crippen LogP contribution in [0, 0.1) is 12.7 Å². The van der Waals surface area contributed by atoms with Gasteiger partial charge in [0.1, 0.15) is 0 Å². The summed E-state index contributed by atoms with van der Waals surface area (Å²) in [4.78, 5) is 8.77. The van der Waals surface area contributed by atoms with E-state index in [1.165, 1.54) is 11.6 Å². The van der Waals surface area contributed by atoms with Crippen molar-refractivity contribution in [3.63, 3.8) is 0 Å². The normalized spacial score (nSPS) is 15.0. The molecule has 1 saturated heterocycles. The quantitative estimate of drug-likeness (QED) is 0.703. The molecule has 0 saturated carbocycles. The highest BCUT2D eigenvalue weighted by molar-refractivity contribution is 5.65. The molecule has 1 aliphatic heterocycles. The molecule has 4 rings (SSSR count). The predicted octanol–water partition coefficient (Wildman–Crippen LogP) is 3.62. The van der Waals surface area contributed by atoms with Crippen LogP contribution in [0.5, 0.6) is 0 Å². The van der Waals surface area contributed by atoms with Gasteiger partial charge in [0.2, 0.25) is 5.95 Å². The Morgan fingerprint density at radius 1 is 0.962 bits per heavy atom. The van der Waals surface area contributed by atoms with Gasteiger partial charge >= 0.3 is 0 Å². The molecule has 1 aromatic carbocycles. The summed E-state index contributed by atoms with van der Waals surface area (Å²) in [5, 5.41) is 4.50. The summed E-state index contributed by atoms with van der Waals surface area (Å²) in [6.07, 6.45) is 1.84. The summed E-state index contributed by atoms with van der Waals surface area (Å²) in [6, 6.07) is 9.56. The lowest BCUT2D eigenvalue weighted by Gasteiger charge is -2.31. The van der Waals surface area contributed by atoms with Crippen molar-refractivity contribution in [1.82, 2.24) is 19.5 Å². The summed E-state index contributed by atoms with van der Waals surface area (Å²) in [5.41, 5.74) is 3.23. The summed E-state index contributed by atoms with van der Waals surface area (Å²) in [6.45, 7) is 9.69. The van der Waals surface area contributed by atoms with Crippen molar-refractivity contribution in [2.75, 3.05) is 38.1 Å². The van der Waals surface area contributed by atoms with E-state index >= 15 is 0 Å². The minimum absolute atomic E-state index is 0.278. The fourth-order valence-corrected chi connectivity index (χ4v) is 2.98. The molecule has 2 aromatic heterocycles. The highest BCUT2D eigenvalue weighted by Crippen LogP contribution is 2.23. The van der Waals surface area contributed by atoms with Crippen LogP contribution in [0.3, 0.4) is 0 Å². The Kier molecular flexibility index (Phi) is 5.52. The Hall–Kier alpha value is -2.47. The average molecular weight is 355 g/mol. The SMILES string of the molecule is CC.Cc1ccc(-c2cc(F)c3nc(N4CCN(C)CC4)nn3c2)cc1. The van der Waals surface area contributed by atoms with Crippen LogP contribution < -0.4 is 4.90 Å². The van der Waals surface area contributed by atoms with Gasteiger partial charge in [0.25, 0.3) is 0 Å². The number of likely N-dealkylation sites (N-methyl/N-ethyl adjacent to an activating group) is 1. The number of aromatic nitrogens is 3. The zero-order chi connectivity index (χ0) is 18.7. The van der Waals surface area contributed by atoms with Crippen LogP contribution in [0.2, 0.25) is 0 Å². The molecular weight excluding hydrogens is 329 g/mol. The molecule has 6 heteroatoms. The lowest BCUT2D eigenvalue weighted by molar-refractivity contribution is 0.311. The molecule has 0 N–H and O–H groups in total. The Labute approximate surface area is 154 Å². The first-order chi connectivity index (χ1) is 12.6. The second-order valence-corrected chi connectivity index (χ2v) is 6.41. The minimum atomic E-state index is -0.346. The van der Waals surface area contributed by atoms with Gasteiger partial charge in [0.15, 0.2) is 11.5 Å². The molecule has 0 amide bonds. The number of hydrogen-bond donors (Lipinski definition) is 0. The van der Waals surface area contributed by atoms with Crippen molar-refractivity contribution in [3.8, 4) is 11.1 Å². The summed E-state index contributed by atoms with van der Waals surface area (Å²) in [7, 11) is 2.10. The Morgan fingerprint density at radius 3 is 2.27 bits per heavy atom. The van der Waals surface area contributed by atoms with E-state index in [1.807, 2.05) is 51.2 Å². The zero-order valence-electron chi connectivity index (χ0n) is 15.9. The number of rotatable bonds is 2. The molecule has 3 aromatic rings. The van der Waals surface area contributed by atoms with Crippen molar-refractivity contribution >= 4 is 11.6 Å². The van der Waals surface area contributed by atoms with Crippen LogP contribution in [0.25, 0.3) is 16.8 Å². The Morgan fingerprint density at radius 2 is 1.62 bits per heavy atom. The van der Waals surface area contributed by atoms with Gasteiger partial charge < -0.3 is 9.80 Å². The summed E-state index contributed by atoms with van der Waals surface area (Å²) < 4.78 is 16.1. The van der Waals surface area contributed by atoms with Crippen molar-refractivity contribution in [2.24, 2.45) is 0 Å². The average Bonchev–Trinajstić information content (AvgIpc) is 3.09. The van der Waals surface area contributed by atoms with E-state index in [4.69, 9.17) is 0 Å². The van der Waals surface area contributed by atoms with Crippen LogP contribution >= 0.6 is 0 Å². The van der Waals surface area contributed by atoms with Gasteiger partial charge in [-0.25, -0.2) is 8.91 Å². The topological polar surface area (TPSA) is 36.7 Å². The number of halogens is 1. The standard InChI is InChI=1S/C18H20FN5.C2H6/c1-13-3-5-14(6-4-13)15-11-16(19)17-20-18(21-24(17)12-15)23-9-7-22(2)8-10-23;1-2/h3-6,11-12H,7-10H2,1-2H3;1-2H3. The van der Waals surface area contributed by atoms with Gasteiger partial charge in [-0.05, 0) is 25.6 Å². The van der Waals surface area contributed by atoms with Crippen LogP contribution in [-0.4, -0.2) is 52.7 Å². The first-order valence-electron chi connectivity index (χ1n) is 9.16. The van der Waals surface area contributed by atoms with Gasteiger partial charge in [0.05, 0.1) is 0 Å². The van der Waals surface area contributed by atoms with Crippen LogP contribution in [0.1, 0.15) is 19.4 Å². The highest BCUT2D eigenvalue weighted by Gasteiger charge is 2.19. The van der Waals surface area contributed by atoms with Gasteiger partial charge in [-0.1, -0.05) is 43.7 Å². The second-order valence-electron chi connectivity index (χ2n) is 6.41. The molecule has 3 heterocycles. The van der Waals surface area contributed by atoms with E-state index in [-0.39, 0.29) is 11.5 Å². The van der Waals surface area contributed by atoms with Crippen LogP contribution in [0.15, 0.2) is 36.5 Å². The molecule has 1 aliphatic rings. The third kappa shape index (κ3) is 3.70. The first kappa shape index (κ1) is 18.3. The first-order valence-corrected chi connectivity index (χ1v) is 9.16. The number of pyridine rings is 1. The molecule has 138 valence electrons.